The average molecular weight is 1970 g/mol. The van der Waals surface area contributed by atoms with E-state index in [-0.39, 0.29) is 144 Å². The number of nitrogens with two attached hydrogens (primary N) is 13. The molecule has 54 nitrogen and oxygen atoms in total. The Kier molecular flexibility index (Phi) is 53.3. The van der Waals surface area contributed by atoms with Crippen molar-refractivity contribution in [2.45, 2.75) is 214 Å². The molecule has 30 atom stereocenters. The predicted octanol–water partition coefficient (Wildman–Crippen LogP) is -12.8. The molecule has 0 bridgehead atoms. The summed E-state index contributed by atoms with van der Waals surface area (Å²) in [5, 5.41) is 116. The van der Waals surface area contributed by atoms with Crippen molar-refractivity contribution in [1.29, 1.82) is 0 Å². The highest BCUT2D eigenvalue weighted by Crippen LogP contribution is 2.38. The summed E-state index contributed by atoms with van der Waals surface area (Å²) in [4.78, 5) is 179. The number of carboxylic acids is 1. The highest BCUT2D eigenvalue weighted by atomic mass is 16.8. The Hall–Kier alpha value is -8.46. The van der Waals surface area contributed by atoms with Crippen LogP contribution in [0.25, 0.3) is 0 Å². The molecule has 13 amide bonds. The Morgan fingerprint density at radius 2 is 0.566 bits per heavy atom. The van der Waals surface area contributed by atoms with Gasteiger partial charge in [-0.2, -0.15) is 0 Å². The number of aliphatic hydroxyl groups is 10. The minimum absolute atomic E-state index is 0.0196. The zero-order valence-electron chi connectivity index (χ0n) is 76.4. The number of carboxylic acid groups (broad SMARTS) is 1. The zero-order chi connectivity index (χ0) is 102. The van der Waals surface area contributed by atoms with Gasteiger partial charge in [-0.3, -0.25) is 62.3 Å². The first-order chi connectivity index (χ1) is 64.0. The first kappa shape index (κ1) is 120. The van der Waals surface area contributed by atoms with Crippen LogP contribution in [0.15, 0.2) is 0 Å². The van der Waals surface area contributed by atoms with Gasteiger partial charge in [-0.05, 0) is 89.4 Å². The SMILES string of the molecule is CC(CC(COCCOCCOCCOCCOCCOCCOCC(COC1COC(C)(C(=O)O)OC1)OC1OC(CO)C(OC2OC(CO)C(OC3OC(CO)C(O)C(O)C3O)C(O)C2O)C(O)C1O)CC(CC(CC(CC(CC(CC(CC(CC(CC(CC(CC(CC(C)C(N)=O)C(N)=O)C(N)=O)C(N)=O)C(N)=O)C(N)=O)C(N)=O)C(N)=O)C(N)=O)C(N)=O)C(N)=O)C(N)=O)C(N)=O. The van der Waals surface area contributed by atoms with Crippen LogP contribution in [-0.2, 0) is 143 Å². The number of rotatable bonds is 74. The van der Waals surface area contributed by atoms with Crippen LogP contribution in [0.5, 0.6) is 0 Å². The molecule has 54 heteroatoms. The maximum atomic E-state index is 13.2. The standard InChI is InChI=1S/C82H143N13O41/c1-37(65(83)106)16-39(18-41(68(86)109)20-43(70(88)111)22-45(72(90)113)24-47(74(92)115)26-49(76(94)117)28-50(77(95)118)27-48(75(93)116)25-46(73(91)114)23-44(71(89)112)21-42(69(87)110)19-40(67(85)108)17-38(2)66(84)107)32-126-14-12-124-10-8-122-6-4-121-5-7-123-9-11-125-13-15-127-33-52(34-128-51-35-129-82(3,81(119)120)130-36-51)131-78-61(104)58(101)63(54(30-97)133-78)136-80-62(105)59(102)64(55(31-98)134-80)135-79-60(103)57(100)56(99)53(29-96)132-79/h37-64,78-80,96-105H,4-36H2,1-3H3,(H2,83,106)(H2,84,107)(H2,85,108)(H2,86,109)(H2,87,110)(H2,88,111)(H2,89,112)(H2,90,113)(H2,91,114)(H2,92,115)(H2,93,116)(H2,94,117)(H2,95,118)(H,119,120). The first-order valence-corrected chi connectivity index (χ1v) is 44.5. The van der Waals surface area contributed by atoms with Crippen molar-refractivity contribution < 1.29 is 199 Å². The van der Waals surface area contributed by atoms with E-state index in [2.05, 4.69) is 0 Å². The van der Waals surface area contributed by atoms with Crippen LogP contribution in [0.1, 0.15) is 104 Å². The molecule has 0 aliphatic carbocycles. The summed E-state index contributed by atoms with van der Waals surface area (Å²) in [5.74, 6) is -33.6. The van der Waals surface area contributed by atoms with E-state index in [0.29, 0.717) is 0 Å². The van der Waals surface area contributed by atoms with E-state index in [1.165, 1.54) is 13.8 Å². The fourth-order valence-corrected chi connectivity index (χ4v) is 16.1. The second-order valence-corrected chi connectivity index (χ2v) is 34.7. The summed E-state index contributed by atoms with van der Waals surface area (Å²) in [7, 11) is 0. The third-order valence-electron chi connectivity index (χ3n) is 24.3. The maximum Gasteiger partial charge on any atom is 0.364 e. The summed E-state index contributed by atoms with van der Waals surface area (Å²) >= 11 is 0. The van der Waals surface area contributed by atoms with E-state index in [4.69, 9.17) is 150 Å². The third kappa shape index (κ3) is 40.0. The summed E-state index contributed by atoms with van der Waals surface area (Å²) in [5.41, 5.74) is 74.4. The number of hydrogen-bond donors (Lipinski definition) is 24. The molecule has 4 aliphatic heterocycles. The van der Waals surface area contributed by atoms with Gasteiger partial charge in [0.25, 0.3) is 5.79 Å². The van der Waals surface area contributed by atoms with E-state index in [0.717, 1.165) is 0 Å². The molecule has 4 fully saturated rings. The second-order valence-electron chi connectivity index (χ2n) is 34.7. The second kappa shape index (κ2) is 60.5. The van der Waals surface area contributed by atoms with E-state index in [9.17, 15) is 123 Å². The molecule has 0 aromatic carbocycles. The number of primary amides is 13. The van der Waals surface area contributed by atoms with Crippen LogP contribution in [0, 0.1) is 82.9 Å². The Balaban J connectivity index is 1.21. The van der Waals surface area contributed by atoms with E-state index >= 15 is 0 Å². The third-order valence-corrected chi connectivity index (χ3v) is 24.3. The van der Waals surface area contributed by atoms with Crippen LogP contribution >= 0.6 is 0 Å². The van der Waals surface area contributed by atoms with E-state index < -0.39 is 347 Å². The van der Waals surface area contributed by atoms with Crippen LogP contribution in [0.3, 0.4) is 0 Å². The number of aliphatic hydroxyl groups excluding tert-OH is 10. The van der Waals surface area contributed by atoms with Crippen molar-refractivity contribution in [2.75, 3.05) is 132 Å². The molecule has 4 saturated heterocycles. The first-order valence-electron chi connectivity index (χ1n) is 44.5. The summed E-state index contributed by atoms with van der Waals surface area (Å²) < 4.78 is 90.5. The fraction of sp³-hybridized carbons (Fsp3) is 0.829. The van der Waals surface area contributed by atoms with Gasteiger partial charge in [0, 0.05) is 90.5 Å². The average Bonchev–Trinajstić information content (AvgIpc) is 0.778. The molecule has 37 N–H and O–H groups in total. The summed E-state index contributed by atoms with van der Waals surface area (Å²) in [6.45, 7) is 1.76. The number of carbonyl (C=O) groups excluding carboxylic acids is 13. The van der Waals surface area contributed by atoms with Gasteiger partial charge in [0.15, 0.2) is 18.9 Å². The van der Waals surface area contributed by atoms with Gasteiger partial charge in [-0.25, -0.2) is 4.79 Å². The van der Waals surface area contributed by atoms with Gasteiger partial charge < -0.3 is 206 Å². The van der Waals surface area contributed by atoms with Crippen molar-refractivity contribution in [1.82, 2.24) is 0 Å². The van der Waals surface area contributed by atoms with Crippen LogP contribution < -0.4 is 74.5 Å². The summed E-state index contributed by atoms with van der Waals surface area (Å²) in [6, 6.07) is 0. The quantitative estimate of drug-likeness (QED) is 0.0251. The molecule has 0 radical (unpaired) electrons. The topological polar surface area (TPSA) is 947 Å². The molecule has 0 aromatic heterocycles. The smallest absolute Gasteiger partial charge is 0.364 e. The lowest BCUT2D eigenvalue weighted by Crippen LogP contribution is -2.66. The summed E-state index contributed by atoms with van der Waals surface area (Å²) in [6.07, 6.45) is -34.4. The van der Waals surface area contributed by atoms with Crippen LogP contribution in [-0.4, -0.2) is 381 Å². The van der Waals surface area contributed by atoms with Crippen molar-refractivity contribution in [3.05, 3.63) is 0 Å². The van der Waals surface area contributed by atoms with Crippen molar-refractivity contribution >= 4 is 82.8 Å². The van der Waals surface area contributed by atoms with Gasteiger partial charge in [0.1, 0.15) is 85.5 Å². The highest BCUT2D eigenvalue weighted by Gasteiger charge is 2.55. The maximum absolute atomic E-state index is 13.2. The van der Waals surface area contributed by atoms with Crippen molar-refractivity contribution in [2.24, 2.45) is 157 Å². The monoisotopic (exact) mass is 1970 g/mol. The van der Waals surface area contributed by atoms with Gasteiger partial charge in [0.05, 0.1) is 126 Å². The Morgan fingerprint density at radius 3 is 0.860 bits per heavy atom. The molecular formula is C82H143N13O41. The van der Waals surface area contributed by atoms with Crippen LogP contribution in [0.2, 0.25) is 0 Å². The largest absolute Gasteiger partial charge is 0.477 e. The molecule has 0 aromatic rings. The fourth-order valence-electron chi connectivity index (χ4n) is 16.1. The molecule has 4 aliphatic rings. The Bertz CT molecular complexity index is 3750. The van der Waals surface area contributed by atoms with Crippen LogP contribution in [0.4, 0.5) is 0 Å². The number of amides is 13. The van der Waals surface area contributed by atoms with Gasteiger partial charge in [-0.1, -0.05) is 13.8 Å². The Labute approximate surface area is 783 Å². The lowest BCUT2D eigenvalue weighted by molar-refractivity contribution is -0.381. The van der Waals surface area contributed by atoms with Crippen molar-refractivity contribution in [3.8, 4) is 0 Å². The minimum atomic E-state index is -2.07. The molecule has 30 unspecified atom stereocenters. The number of aliphatic carboxylic acids is 1. The lowest BCUT2D eigenvalue weighted by Gasteiger charge is -2.48. The van der Waals surface area contributed by atoms with Gasteiger partial charge in [-0.15, -0.1) is 0 Å². The molecule has 4 heterocycles. The van der Waals surface area contributed by atoms with Gasteiger partial charge >= 0.3 is 5.97 Å². The predicted molar refractivity (Wildman–Crippen MR) is 457 cm³/mol. The molecular weight excluding hydrogens is 1820 g/mol. The molecule has 782 valence electrons. The van der Waals surface area contributed by atoms with E-state index in [1.54, 1.807) is 6.92 Å². The number of carbonyl (C=O) groups is 14. The molecule has 0 saturated carbocycles. The normalized spacial score (nSPS) is 27.6. The van der Waals surface area contributed by atoms with E-state index in [1.807, 2.05) is 0 Å². The number of ether oxygens (including phenoxy) is 16. The highest BCUT2D eigenvalue weighted by molar-refractivity contribution is 5.87. The van der Waals surface area contributed by atoms with Crippen molar-refractivity contribution in [3.63, 3.8) is 0 Å². The zero-order valence-corrected chi connectivity index (χ0v) is 76.4. The minimum Gasteiger partial charge on any atom is -0.477 e. The van der Waals surface area contributed by atoms with Gasteiger partial charge in [0.2, 0.25) is 76.8 Å². The Morgan fingerprint density at radius 1 is 0.309 bits per heavy atom. The molecule has 0 spiro atoms. The molecule has 4 rings (SSSR count). The number of hydrogen-bond acceptors (Lipinski definition) is 40. The lowest BCUT2D eigenvalue weighted by atomic mass is 9.75. The molecule has 136 heavy (non-hydrogen) atoms.